The number of aryl methyl sites for hydroxylation is 1. The summed E-state index contributed by atoms with van der Waals surface area (Å²) < 4.78 is 10.3. The number of fused-ring (bicyclic) bond motifs is 1. The highest BCUT2D eigenvalue weighted by atomic mass is 16.5. The predicted molar refractivity (Wildman–Crippen MR) is 79.1 cm³/mol. The summed E-state index contributed by atoms with van der Waals surface area (Å²) in [4.78, 5) is 4.55. The number of rotatable bonds is 6. The van der Waals surface area contributed by atoms with Crippen LogP contribution in [0, 0.1) is 0 Å². The van der Waals surface area contributed by atoms with Gasteiger partial charge >= 0.3 is 0 Å². The van der Waals surface area contributed by atoms with Gasteiger partial charge in [0.25, 0.3) is 0 Å². The van der Waals surface area contributed by atoms with Crippen LogP contribution in [-0.2, 0) is 17.7 Å². The van der Waals surface area contributed by atoms with Gasteiger partial charge in [0.05, 0.1) is 13.2 Å². The van der Waals surface area contributed by atoms with Crippen molar-refractivity contribution in [2.45, 2.75) is 31.7 Å². The highest BCUT2D eigenvalue weighted by Crippen LogP contribution is 2.34. The van der Waals surface area contributed by atoms with Gasteiger partial charge in [-0.1, -0.05) is 29.4 Å². The van der Waals surface area contributed by atoms with E-state index in [9.17, 15) is 0 Å². The first-order valence-electron chi connectivity index (χ1n) is 7.48. The van der Waals surface area contributed by atoms with Crippen LogP contribution in [0.4, 0.5) is 0 Å². The maximum Gasteiger partial charge on any atom is 0.240 e. The van der Waals surface area contributed by atoms with Crippen LogP contribution in [0.5, 0.6) is 0 Å². The van der Waals surface area contributed by atoms with Crippen LogP contribution in [0.3, 0.4) is 0 Å². The fourth-order valence-corrected chi connectivity index (χ4v) is 2.87. The number of benzene rings is 1. The molecule has 1 atom stereocenters. The Morgan fingerprint density at radius 3 is 3.19 bits per heavy atom. The van der Waals surface area contributed by atoms with Crippen LogP contribution in [-0.4, -0.2) is 30.4 Å². The molecule has 5 nitrogen and oxygen atoms in total. The van der Waals surface area contributed by atoms with Crippen molar-refractivity contribution in [1.29, 1.82) is 0 Å². The molecule has 0 saturated carbocycles. The van der Waals surface area contributed by atoms with Crippen molar-refractivity contribution in [3.63, 3.8) is 0 Å². The fourth-order valence-electron chi connectivity index (χ4n) is 2.87. The van der Waals surface area contributed by atoms with Crippen molar-refractivity contribution in [2.24, 2.45) is 0 Å². The van der Waals surface area contributed by atoms with Gasteiger partial charge in [-0.3, -0.25) is 0 Å². The Morgan fingerprint density at radius 1 is 1.38 bits per heavy atom. The van der Waals surface area contributed by atoms with Crippen LogP contribution in [0.15, 0.2) is 28.8 Å². The first kappa shape index (κ1) is 14.2. The molecular formula is C16H21N3O2. The average molecular weight is 287 g/mol. The SMILES string of the molecule is COCCNCc1nc(C2CCCc3ccccc32)no1. The third-order valence-electron chi connectivity index (χ3n) is 3.92. The van der Waals surface area contributed by atoms with Gasteiger partial charge in [0.15, 0.2) is 5.82 Å². The number of hydrogen-bond donors (Lipinski definition) is 1. The second-order valence-electron chi connectivity index (χ2n) is 5.36. The van der Waals surface area contributed by atoms with Crippen LogP contribution in [0.2, 0.25) is 0 Å². The van der Waals surface area contributed by atoms with Crippen molar-refractivity contribution in [2.75, 3.05) is 20.3 Å². The van der Waals surface area contributed by atoms with Gasteiger partial charge in [0.2, 0.25) is 5.89 Å². The maximum absolute atomic E-state index is 5.35. The molecular weight excluding hydrogens is 266 g/mol. The van der Waals surface area contributed by atoms with E-state index in [0.29, 0.717) is 19.0 Å². The lowest BCUT2D eigenvalue weighted by Crippen LogP contribution is -2.18. The van der Waals surface area contributed by atoms with Gasteiger partial charge in [0.1, 0.15) is 0 Å². The minimum atomic E-state index is 0.270. The molecule has 0 saturated heterocycles. The minimum absolute atomic E-state index is 0.270. The Morgan fingerprint density at radius 2 is 2.29 bits per heavy atom. The molecule has 0 amide bonds. The molecule has 1 aromatic heterocycles. The monoisotopic (exact) mass is 287 g/mol. The molecule has 2 aromatic rings. The summed E-state index contributed by atoms with van der Waals surface area (Å²) in [6.07, 6.45) is 3.42. The predicted octanol–water partition coefficient (Wildman–Crippen LogP) is 2.27. The van der Waals surface area contributed by atoms with E-state index >= 15 is 0 Å². The topological polar surface area (TPSA) is 60.2 Å². The van der Waals surface area contributed by atoms with E-state index in [-0.39, 0.29) is 5.92 Å². The Labute approximate surface area is 124 Å². The highest BCUT2D eigenvalue weighted by Gasteiger charge is 2.25. The first-order chi connectivity index (χ1) is 10.4. The van der Waals surface area contributed by atoms with E-state index in [1.165, 1.54) is 17.5 Å². The Kier molecular flexibility index (Phi) is 4.62. The largest absolute Gasteiger partial charge is 0.383 e. The molecule has 0 fully saturated rings. The van der Waals surface area contributed by atoms with E-state index in [1.807, 2.05) is 0 Å². The van der Waals surface area contributed by atoms with Crippen LogP contribution < -0.4 is 5.32 Å². The van der Waals surface area contributed by atoms with Gasteiger partial charge in [-0.25, -0.2) is 0 Å². The zero-order chi connectivity index (χ0) is 14.5. The van der Waals surface area contributed by atoms with E-state index in [2.05, 4.69) is 39.7 Å². The molecule has 3 rings (SSSR count). The zero-order valence-corrected chi connectivity index (χ0v) is 12.3. The zero-order valence-electron chi connectivity index (χ0n) is 12.3. The number of aromatic nitrogens is 2. The van der Waals surface area contributed by atoms with Crippen molar-refractivity contribution in [1.82, 2.24) is 15.5 Å². The van der Waals surface area contributed by atoms with E-state index in [0.717, 1.165) is 25.2 Å². The maximum atomic E-state index is 5.35. The smallest absolute Gasteiger partial charge is 0.240 e. The minimum Gasteiger partial charge on any atom is -0.383 e. The fraction of sp³-hybridized carbons (Fsp3) is 0.500. The molecule has 1 aromatic carbocycles. The van der Waals surface area contributed by atoms with Crippen molar-refractivity contribution in [3.05, 3.63) is 47.1 Å². The Hall–Kier alpha value is -1.72. The quantitative estimate of drug-likeness (QED) is 0.826. The lowest BCUT2D eigenvalue weighted by atomic mass is 9.82. The third kappa shape index (κ3) is 3.31. The molecule has 21 heavy (non-hydrogen) atoms. The van der Waals surface area contributed by atoms with Crippen LogP contribution >= 0.6 is 0 Å². The highest BCUT2D eigenvalue weighted by molar-refractivity contribution is 5.36. The van der Waals surface area contributed by atoms with E-state index < -0.39 is 0 Å². The van der Waals surface area contributed by atoms with E-state index in [4.69, 9.17) is 9.26 Å². The standard InChI is InChI=1S/C16H21N3O2/c1-20-10-9-17-11-15-18-16(19-21-15)14-8-4-6-12-5-2-3-7-13(12)14/h2-3,5,7,14,17H,4,6,8-11H2,1H3. The molecule has 112 valence electrons. The molecule has 0 spiro atoms. The van der Waals surface area contributed by atoms with Crippen molar-refractivity contribution >= 4 is 0 Å². The summed E-state index contributed by atoms with van der Waals surface area (Å²) >= 11 is 0. The van der Waals surface area contributed by atoms with E-state index in [1.54, 1.807) is 7.11 Å². The summed E-state index contributed by atoms with van der Waals surface area (Å²) in [6.45, 7) is 2.04. The van der Waals surface area contributed by atoms with Gasteiger partial charge < -0.3 is 14.6 Å². The Bertz CT molecular complexity index is 582. The molecule has 0 bridgehead atoms. The molecule has 1 unspecified atom stereocenters. The second-order valence-corrected chi connectivity index (χ2v) is 5.36. The molecule has 0 radical (unpaired) electrons. The first-order valence-corrected chi connectivity index (χ1v) is 7.48. The molecule has 1 aliphatic rings. The molecule has 1 heterocycles. The summed E-state index contributed by atoms with van der Waals surface area (Å²) in [5, 5.41) is 7.40. The second kappa shape index (κ2) is 6.83. The Balaban J connectivity index is 1.69. The molecule has 5 heteroatoms. The summed E-state index contributed by atoms with van der Waals surface area (Å²) in [6, 6.07) is 8.58. The van der Waals surface area contributed by atoms with Gasteiger partial charge in [-0.15, -0.1) is 0 Å². The average Bonchev–Trinajstić information content (AvgIpc) is 3.00. The number of nitrogens with one attached hydrogen (secondary N) is 1. The third-order valence-corrected chi connectivity index (χ3v) is 3.92. The molecule has 0 aliphatic heterocycles. The lowest BCUT2D eigenvalue weighted by Gasteiger charge is -2.22. The van der Waals surface area contributed by atoms with Gasteiger partial charge in [-0.05, 0) is 30.4 Å². The van der Waals surface area contributed by atoms with Crippen LogP contribution in [0.1, 0.15) is 41.6 Å². The van der Waals surface area contributed by atoms with Crippen LogP contribution in [0.25, 0.3) is 0 Å². The number of nitrogens with zero attached hydrogens (tertiary/aromatic N) is 2. The summed E-state index contributed by atoms with van der Waals surface area (Å²) in [5.74, 6) is 1.72. The lowest BCUT2D eigenvalue weighted by molar-refractivity contribution is 0.197. The molecule has 1 aliphatic carbocycles. The number of ether oxygens (including phenoxy) is 1. The van der Waals surface area contributed by atoms with Crippen molar-refractivity contribution < 1.29 is 9.26 Å². The van der Waals surface area contributed by atoms with Crippen molar-refractivity contribution in [3.8, 4) is 0 Å². The summed E-state index contributed by atoms with van der Waals surface area (Å²) in [5.41, 5.74) is 2.77. The number of hydrogen-bond acceptors (Lipinski definition) is 5. The van der Waals surface area contributed by atoms with Gasteiger partial charge in [0, 0.05) is 19.6 Å². The molecule has 1 N–H and O–H groups in total. The summed E-state index contributed by atoms with van der Waals surface area (Å²) in [7, 11) is 1.69. The van der Waals surface area contributed by atoms with Gasteiger partial charge in [-0.2, -0.15) is 4.98 Å². The normalized spacial score (nSPS) is 17.7. The number of methoxy groups -OCH3 is 1.